The van der Waals surface area contributed by atoms with E-state index in [1.54, 1.807) is 18.0 Å². The summed E-state index contributed by atoms with van der Waals surface area (Å²) in [7, 11) is 1.78. The maximum Gasteiger partial charge on any atom is 0.257 e. The van der Waals surface area contributed by atoms with Crippen LogP contribution in [0.3, 0.4) is 0 Å². The maximum absolute atomic E-state index is 12.2. The Hall–Kier alpha value is -2.29. The molecule has 0 aliphatic carbocycles. The lowest BCUT2D eigenvalue weighted by Crippen LogP contribution is -2.26. The topological polar surface area (TPSA) is 29.5 Å². The van der Waals surface area contributed by atoms with Gasteiger partial charge in [-0.1, -0.05) is 30.3 Å². The van der Waals surface area contributed by atoms with Crippen LogP contribution in [0.2, 0.25) is 0 Å². The number of hydrogen-bond donors (Lipinski definition) is 0. The summed E-state index contributed by atoms with van der Waals surface area (Å²) in [6.45, 7) is 2.61. The number of amides is 1. The highest BCUT2D eigenvalue weighted by molar-refractivity contribution is 5.96. The molecule has 2 aromatic rings. The number of benzene rings is 2. The largest absolute Gasteiger partial charge is 0.457 e. The number of hydrogen-bond acceptors (Lipinski definition) is 2. The van der Waals surface area contributed by atoms with E-state index in [0.717, 1.165) is 5.75 Å². The summed E-state index contributed by atoms with van der Waals surface area (Å²) in [4.78, 5) is 13.9. The van der Waals surface area contributed by atoms with E-state index in [9.17, 15) is 4.79 Å². The van der Waals surface area contributed by atoms with Crippen molar-refractivity contribution < 1.29 is 9.53 Å². The van der Waals surface area contributed by atoms with E-state index in [1.165, 1.54) is 0 Å². The van der Waals surface area contributed by atoms with E-state index >= 15 is 0 Å². The molecular weight excluding hydrogens is 238 g/mol. The third kappa shape index (κ3) is 3.13. The van der Waals surface area contributed by atoms with Crippen LogP contribution in [0.5, 0.6) is 11.5 Å². The monoisotopic (exact) mass is 255 g/mol. The number of carbonyl (C=O) groups excluding carboxylic acids is 1. The number of carbonyl (C=O) groups is 1. The summed E-state index contributed by atoms with van der Waals surface area (Å²) in [5.74, 6) is 1.27. The fraction of sp³-hybridized carbons (Fsp3) is 0.188. The van der Waals surface area contributed by atoms with E-state index in [1.807, 2.05) is 55.5 Å². The molecule has 0 heterocycles. The Morgan fingerprint density at radius 1 is 1.05 bits per heavy atom. The van der Waals surface area contributed by atoms with E-state index in [2.05, 4.69) is 0 Å². The van der Waals surface area contributed by atoms with Gasteiger partial charge in [0, 0.05) is 13.6 Å². The van der Waals surface area contributed by atoms with E-state index in [4.69, 9.17) is 4.74 Å². The van der Waals surface area contributed by atoms with Crippen LogP contribution in [0, 0.1) is 0 Å². The van der Waals surface area contributed by atoms with Crippen LogP contribution in [0.4, 0.5) is 0 Å². The van der Waals surface area contributed by atoms with Gasteiger partial charge in [-0.3, -0.25) is 4.79 Å². The first-order chi connectivity index (χ1) is 9.22. The van der Waals surface area contributed by atoms with Gasteiger partial charge in [-0.25, -0.2) is 0 Å². The second-order valence-electron chi connectivity index (χ2n) is 4.23. The Morgan fingerprint density at radius 3 is 2.37 bits per heavy atom. The minimum absolute atomic E-state index is 0.0333. The van der Waals surface area contributed by atoms with Crippen LogP contribution in [0.15, 0.2) is 54.6 Å². The van der Waals surface area contributed by atoms with Gasteiger partial charge in [0.15, 0.2) is 0 Å². The number of para-hydroxylation sites is 2. The van der Waals surface area contributed by atoms with Crippen LogP contribution in [-0.2, 0) is 0 Å². The Kier molecular flexibility index (Phi) is 4.18. The van der Waals surface area contributed by atoms with Gasteiger partial charge >= 0.3 is 0 Å². The molecule has 0 saturated carbocycles. The Morgan fingerprint density at radius 2 is 1.68 bits per heavy atom. The first-order valence-corrected chi connectivity index (χ1v) is 6.29. The molecular formula is C16H17NO2. The van der Waals surface area contributed by atoms with Crippen molar-refractivity contribution in [3.05, 3.63) is 60.2 Å². The molecule has 98 valence electrons. The first-order valence-electron chi connectivity index (χ1n) is 6.29. The zero-order valence-electron chi connectivity index (χ0n) is 11.2. The zero-order valence-corrected chi connectivity index (χ0v) is 11.2. The number of nitrogens with zero attached hydrogens (tertiary/aromatic N) is 1. The Labute approximate surface area is 113 Å². The summed E-state index contributed by atoms with van der Waals surface area (Å²) in [6, 6.07) is 16.8. The van der Waals surface area contributed by atoms with Crippen molar-refractivity contribution in [2.75, 3.05) is 13.6 Å². The normalized spacial score (nSPS) is 10.0. The predicted molar refractivity (Wildman–Crippen MR) is 75.6 cm³/mol. The van der Waals surface area contributed by atoms with Gasteiger partial charge in [0.05, 0.1) is 5.56 Å². The minimum Gasteiger partial charge on any atom is -0.457 e. The molecule has 1 amide bonds. The smallest absolute Gasteiger partial charge is 0.257 e. The molecule has 0 saturated heterocycles. The molecule has 0 aliphatic rings. The van der Waals surface area contributed by atoms with Crippen LogP contribution >= 0.6 is 0 Å². The van der Waals surface area contributed by atoms with Gasteiger partial charge in [0.1, 0.15) is 11.5 Å². The van der Waals surface area contributed by atoms with Gasteiger partial charge in [0.25, 0.3) is 5.91 Å². The molecule has 0 aromatic heterocycles. The summed E-state index contributed by atoms with van der Waals surface area (Å²) in [5.41, 5.74) is 0.579. The van der Waals surface area contributed by atoms with Crippen LogP contribution < -0.4 is 4.74 Å². The average molecular weight is 255 g/mol. The van der Waals surface area contributed by atoms with E-state index in [0.29, 0.717) is 17.9 Å². The SMILES string of the molecule is CCN(C)C(=O)c1ccccc1Oc1ccccc1. The summed E-state index contributed by atoms with van der Waals surface area (Å²) in [6.07, 6.45) is 0. The number of rotatable bonds is 4. The third-order valence-corrected chi connectivity index (χ3v) is 2.91. The van der Waals surface area contributed by atoms with Crippen LogP contribution in [0.1, 0.15) is 17.3 Å². The molecule has 0 radical (unpaired) electrons. The maximum atomic E-state index is 12.2. The molecule has 0 fully saturated rings. The third-order valence-electron chi connectivity index (χ3n) is 2.91. The van der Waals surface area contributed by atoms with E-state index in [-0.39, 0.29) is 5.91 Å². The lowest BCUT2D eigenvalue weighted by atomic mass is 10.1. The van der Waals surface area contributed by atoms with Gasteiger partial charge in [-0.2, -0.15) is 0 Å². The summed E-state index contributed by atoms with van der Waals surface area (Å²) < 4.78 is 5.78. The lowest BCUT2D eigenvalue weighted by Gasteiger charge is -2.17. The molecule has 2 aromatic carbocycles. The molecule has 0 bridgehead atoms. The second-order valence-corrected chi connectivity index (χ2v) is 4.23. The molecule has 0 unspecified atom stereocenters. The predicted octanol–water partition coefficient (Wildman–Crippen LogP) is 3.57. The molecule has 0 atom stereocenters. The first kappa shape index (κ1) is 13.1. The quantitative estimate of drug-likeness (QED) is 0.835. The number of ether oxygens (including phenoxy) is 1. The highest BCUT2D eigenvalue weighted by atomic mass is 16.5. The summed E-state index contributed by atoms with van der Waals surface area (Å²) >= 11 is 0. The molecule has 3 heteroatoms. The minimum atomic E-state index is -0.0333. The second kappa shape index (κ2) is 6.05. The Bertz CT molecular complexity index is 552. The molecule has 0 spiro atoms. The highest BCUT2D eigenvalue weighted by Gasteiger charge is 2.15. The fourth-order valence-electron chi connectivity index (χ4n) is 1.70. The van der Waals surface area contributed by atoms with Crippen LogP contribution in [-0.4, -0.2) is 24.4 Å². The average Bonchev–Trinajstić information content (AvgIpc) is 2.47. The van der Waals surface area contributed by atoms with Crippen molar-refractivity contribution in [3.63, 3.8) is 0 Å². The highest BCUT2D eigenvalue weighted by Crippen LogP contribution is 2.25. The van der Waals surface area contributed by atoms with Crippen molar-refractivity contribution in [1.29, 1.82) is 0 Å². The van der Waals surface area contributed by atoms with Gasteiger partial charge in [-0.05, 0) is 31.2 Å². The fourth-order valence-corrected chi connectivity index (χ4v) is 1.70. The van der Waals surface area contributed by atoms with Gasteiger partial charge in [0.2, 0.25) is 0 Å². The van der Waals surface area contributed by atoms with Crippen molar-refractivity contribution in [1.82, 2.24) is 4.90 Å². The molecule has 0 N–H and O–H groups in total. The van der Waals surface area contributed by atoms with Crippen molar-refractivity contribution in [2.45, 2.75) is 6.92 Å². The van der Waals surface area contributed by atoms with Gasteiger partial charge in [-0.15, -0.1) is 0 Å². The van der Waals surface area contributed by atoms with Crippen LogP contribution in [0.25, 0.3) is 0 Å². The molecule has 0 aliphatic heterocycles. The van der Waals surface area contributed by atoms with E-state index < -0.39 is 0 Å². The molecule has 19 heavy (non-hydrogen) atoms. The van der Waals surface area contributed by atoms with Crippen molar-refractivity contribution >= 4 is 5.91 Å². The zero-order chi connectivity index (χ0) is 13.7. The van der Waals surface area contributed by atoms with Crippen molar-refractivity contribution in [3.8, 4) is 11.5 Å². The standard InChI is InChI=1S/C16H17NO2/c1-3-17(2)16(18)14-11-7-8-12-15(14)19-13-9-5-4-6-10-13/h4-12H,3H2,1-2H3. The van der Waals surface area contributed by atoms with Gasteiger partial charge < -0.3 is 9.64 Å². The molecule has 2 rings (SSSR count). The van der Waals surface area contributed by atoms with Crippen molar-refractivity contribution in [2.24, 2.45) is 0 Å². The summed E-state index contributed by atoms with van der Waals surface area (Å²) in [5, 5.41) is 0. The lowest BCUT2D eigenvalue weighted by molar-refractivity contribution is 0.0800. The molecule has 3 nitrogen and oxygen atoms in total. The Balaban J connectivity index is 2.29.